The maximum atomic E-state index is 3.48. The van der Waals surface area contributed by atoms with Crippen molar-refractivity contribution in [3.8, 4) is 0 Å². The average molecular weight is 273 g/mol. The van der Waals surface area contributed by atoms with E-state index in [1.165, 1.54) is 46.7 Å². The minimum absolute atomic E-state index is 0.924. The highest BCUT2D eigenvalue weighted by Crippen LogP contribution is 2.18. The maximum absolute atomic E-state index is 3.48. The molecule has 1 nitrogen and oxygen atoms in total. The molecule has 0 saturated carbocycles. The quantitative estimate of drug-likeness (QED) is 0.666. The maximum Gasteiger partial charge on any atom is 0.0494 e. The van der Waals surface area contributed by atoms with Crippen LogP contribution in [-0.2, 0) is 13.0 Å². The summed E-state index contributed by atoms with van der Waals surface area (Å²) < 4.78 is 0. The fraction of sp³-hybridized carbons (Fsp3) is 0.412. The van der Waals surface area contributed by atoms with Gasteiger partial charge < -0.3 is 5.32 Å². The van der Waals surface area contributed by atoms with Crippen molar-refractivity contribution in [3.05, 3.63) is 51.7 Å². The minimum atomic E-state index is 0.924. The van der Waals surface area contributed by atoms with Crippen molar-refractivity contribution < 1.29 is 0 Å². The van der Waals surface area contributed by atoms with Crippen LogP contribution in [0.15, 0.2) is 36.4 Å². The van der Waals surface area contributed by atoms with Crippen molar-refractivity contribution in [2.24, 2.45) is 0 Å². The third-order valence-corrected chi connectivity index (χ3v) is 4.29. The summed E-state index contributed by atoms with van der Waals surface area (Å²) in [5.74, 6) is 0. The van der Waals surface area contributed by atoms with Gasteiger partial charge in [0, 0.05) is 22.0 Å². The van der Waals surface area contributed by atoms with Gasteiger partial charge in [-0.1, -0.05) is 31.9 Å². The third-order valence-electron chi connectivity index (χ3n) is 3.29. The second kappa shape index (κ2) is 7.34. The molecule has 0 unspecified atom stereocenters. The first kappa shape index (κ1) is 14.1. The van der Waals surface area contributed by atoms with Gasteiger partial charge in [0.25, 0.3) is 0 Å². The summed E-state index contributed by atoms with van der Waals surface area (Å²) in [6.07, 6.45) is 5.13. The Labute approximate surface area is 120 Å². The van der Waals surface area contributed by atoms with E-state index in [4.69, 9.17) is 0 Å². The molecule has 2 aromatic rings. The molecule has 0 aliphatic heterocycles. The molecule has 0 spiro atoms. The minimum Gasteiger partial charge on any atom is -0.380 e. The van der Waals surface area contributed by atoms with Gasteiger partial charge in [0.2, 0.25) is 0 Å². The zero-order chi connectivity index (χ0) is 13.5. The Morgan fingerprint density at radius 2 is 1.79 bits per heavy atom. The lowest BCUT2D eigenvalue weighted by molar-refractivity contribution is 0.717. The average Bonchev–Trinajstić information content (AvgIpc) is 2.84. The summed E-state index contributed by atoms with van der Waals surface area (Å²) in [6.45, 7) is 5.33. The van der Waals surface area contributed by atoms with Gasteiger partial charge in [-0.3, -0.25) is 0 Å². The Bertz CT molecular complexity index is 484. The Balaban J connectivity index is 1.81. The molecule has 0 bridgehead atoms. The van der Waals surface area contributed by atoms with E-state index in [1.54, 1.807) is 0 Å². The number of rotatable bonds is 7. The number of hydrogen-bond acceptors (Lipinski definition) is 2. The molecule has 0 radical (unpaired) electrons. The Morgan fingerprint density at radius 1 is 1.00 bits per heavy atom. The number of anilines is 1. The van der Waals surface area contributed by atoms with Crippen molar-refractivity contribution >= 4 is 17.0 Å². The van der Waals surface area contributed by atoms with E-state index in [1.807, 2.05) is 11.3 Å². The summed E-state index contributed by atoms with van der Waals surface area (Å²) in [5, 5.41) is 3.48. The molecule has 19 heavy (non-hydrogen) atoms. The number of unbranched alkanes of at least 4 members (excludes halogenated alkanes) is 2. The largest absolute Gasteiger partial charge is 0.380 e. The lowest BCUT2D eigenvalue weighted by atomic mass is 10.1. The van der Waals surface area contributed by atoms with Crippen molar-refractivity contribution in [2.45, 2.75) is 46.1 Å². The topological polar surface area (TPSA) is 12.0 Å². The summed E-state index contributed by atoms with van der Waals surface area (Å²) in [5.41, 5.74) is 2.66. The number of hydrogen-bond donors (Lipinski definition) is 1. The number of aryl methyl sites for hydroxylation is 2. The van der Waals surface area contributed by atoms with Crippen LogP contribution in [0.4, 0.5) is 5.69 Å². The van der Waals surface area contributed by atoms with E-state index >= 15 is 0 Å². The lowest BCUT2D eigenvalue weighted by Gasteiger charge is -2.06. The van der Waals surface area contributed by atoms with Crippen LogP contribution < -0.4 is 5.32 Å². The van der Waals surface area contributed by atoms with E-state index in [0.717, 1.165) is 6.54 Å². The van der Waals surface area contributed by atoms with Crippen LogP contribution in [0.1, 0.15) is 41.5 Å². The standard InChI is InChI=1S/C17H23NS/c1-3-4-5-6-15-8-10-16(11-9-15)18-13-17-12-7-14(2)19-17/h7-12,18H,3-6,13H2,1-2H3. The molecule has 0 aliphatic rings. The highest BCUT2D eigenvalue weighted by atomic mass is 32.1. The highest BCUT2D eigenvalue weighted by molar-refractivity contribution is 7.11. The normalized spacial score (nSPS) is 10.6. The summed E-state index contributed by atoms with van der Waals surface area (Å²) in [6, 6.07) is 13.3. The number of benzene rings is 1. The van der Waals surface area contributed by atoms with Gasteiger partial charge in [0.05, 0.1) is 0 Å². The predicted molar refractivity (Wildman–Crippen MR) is 86.1 cm³/mol. The molecule has 1 N–H and O–H groups in total. The summed E-state index contributed by atoms with van der Waals surface area (Å²) in [4.78, 5) is 2.77. The third kappa shape index (κ3) is 4.71. The highest BCUT2D eigenvalue weighted by Gasteiger charge is 1.98. The molecule has 102 valence electrons. The van der Waals surface area contributed by atoms with Crippen LogP contribution in [0.2, 0.25) is 0 Å². The van der Waals surface area contributed by atoms with Crippen LogP contribution >= 0.6 is 11.3 Å². The number of nitrogens with one attached hydrogen (secondary N) is 1. The molecular formula is C17H23NS. The van der Waals surface area contributed by atoms with E-state index in [2.05, 4.69) is 55.6 Å². The Hall–Kier alpha value is -1.28. The van der Waals surface area contributed by atoms with Crippen molar-refractivity contribution in [3.63, 3.8) is 0 Å². The van der Waals surface area contributed by atoms with Gasteiger partial charge in [0.15, 0.2) is 0 Å². The fourth-order valence-corrected chi connectivity index (χ4v) is 2.97. The second-order valence-corrected chi connectivity index (χ2v) is 6.39. The van der Waals surface area contributed by atoms with Gasteiger partial charge in [-0.2, -0.15) is 0 Å². The number of thiophene rings is 1. The summed E-state index contributed by atoms with van der Waals surface area (Å²) >= 11 is 1.86. The van der Waals surface area contributed by atoms with Gasteiger partial charge in [-0.05, 0) is 49.6 Å². The van der Waals surface area contributed by atoms with Crippen molar-refractivity contribution in [2.75, 3.05) is 5.32 Å². The molecule has 1 aromatic heterocycles. The SMILES string of the molecule is CCCCCc1ccc(NCc2ccc(C)s2)cc1. The van der Waals surface area contributed by atoms with Crippen molar-refractivity contribution in [1.29, 1.82) is 0 Å². The van der Waals surface area contributed by atoms with Crippen LogP contribution in [0.25, 0.3) is 0 Å². The molecular weight excluding hydrogens is 250 g/mol. The van der Waals surface area contributed by atoms with E-state index in [-0.39, 0.29) is 0 Å². The second-order valence-electron chi connectivity index (χ2n) is 5.02. The molecule has 1 aromatic carbocycles. The monoisotopic (exact) mass is 273 g/mol. The lowest BCUT2D eigenvalue weighted by Crippen LogP contribution is -1.97. The molecule has 2 rings (SSSR count). The van der Waals surface area contributed by atoms with Crippen LogP contribution in [0.3, 0.4) is 0 Å². The molecule has 0 aliphatic carbocycles. The Morgan fingerprint density at radius 3 is 2.42 bits per heavy atom. The first-order valence-corrected chi connectivity index (χ1v) is 7.97. The Kier molecular flexibility index (Phi) is 5.46. The van der Waals surface area contributed by atoms with E-state index < -0.39 is 0 Å². The zero-order valence-corrected chi connectivity index (χ0v) is 12.7. The van der Waals surface area contributed by atoms with Gasteiger partial charge in [0.1, 0.15) is 0 Å². The summed E-state index contributed by atoms with van der Waals surface area (Å²) in [7, 11) is 0. The van der Waals surface area contributed by atoms with Crippen LogP contribution in [0.5, 0.6) is 0 Å². The van der Waals surface area contributed by atoms with Gasteiger partial charge in [-0.15, -0.1) is 11.3 Å². The molecule has 1 heterocycles. The predicted octanol–water partition coefficient (Wildman–Crippen LogP) is 5.40. The first-order chi connectivity index (χ1) is 9.28. The zero-order valence-electron chi connectivity index (χ0n) is 11.9. The molecule has 0 saturated heterocycles. The van der Waals surface area contributed by atoms with E-state index in [9.17, 15) is 0 Å². The van der Waals surface area contributed by atoms with Gasteiger partial charge in [-0.25, -0.2) is 0 Å². The smallest absolute Gasteiger partial charge is 0.0494 e. The van der Waals surface area contributed by atoms with Crippen molar-refractivity contribution in [1.82, 2.24) is 0 Å². The van der Waals surface area contributed by atoms with Gasteiger partial charge >= 0.3 is 0 Å². The molecule has 0 atom stereocenters. The molecule has 0 amide bonds. The van der Waals surface area contributed by atoms with Crippen LogP contribution in [-0.4, -0.2) is 0 Å². The molecule has 0 fully saturated rings. The van der Waals surface area contributed by atoms with Crippen LogP contribution in [0, 0.1) is 6.92 Å². The fourth-order valence-electron chi connectivity index (χ4n) is 2.14. The first-order valence-electron chi connectivity index (χ1n) is 7.16. The van der Waals surface area contributed by atoms with E-state index in [0.29, 0.717) is 0 Å². The molecule has 2 heteroatoms.